The third-order valence-corrected chi connectivity index (χ3v) is 4.32. The van der Waals surface area contributed by atoms with Crippen molar-refractivity contribution >= 4 is 34.3 Å². The number of hydrogen-bond acceptors (Lipinski definition) is 7. The molecule has 154 valence electrons. The van der Waals surface area contributed by atoms with Gasteiger partial charge in [0.25, 0.3) is 5.69 Å². The molecule has 1 aromatic heterocycles. The van der Waals surface area contributed by atoms with Crippen LogP contribution >= 0.6 is 0 Å². The van der Waals surface area contributed by atoms with Gasteiger partial charge < -0.3 is 14.8 Å². The zero-order valence-corrected chi connectivity index (χ0v) is 16.4. The molecule has 0 fully saturated rings. The van der Waals surface area contributed by atoms with Crippen molar-refractivity contribution in [2.45, 2.75) is 6.42 Å². The van der Waals surface area contributed by atoms with Crippen molar-refractivity contribution in [1.29, 1.82) is 0 Å². The molecule has 8 heteroatoms. The first kappa shape index (κ1) is 20.8. The summed E-state index contributed by atoms with van der Waals surface area (Å²) in [6, 6.07) is 14.3. The number of para-hydroxylation sites is 1. The van der Waals surface area contributed by atoms with E-state index in [2.05, 4.69) is 15.0 Å². The fourth-order valence-corrected chi connectivity index (χ4v) is 2.86. The molecule has 3 rings (SSSR count). The van der Waals surface area contributed by atoms with Crippen molar-refractivity contribution in [3.05, 3.63) is 76.5 Å². The molecule has 0 radical (unpaired) electrons. The van der Waals surface area contributed by atoms with E-state index in [1.54, 1.807) is 18.3 Å². The summed E-state index contributed by atoms with van der Waals surface area (Å²) in [5.41, 5.74) is 1.67. The van der Waals surface area contributed by atoms with E-state index in [0.717, 1.165) is 10.9 Å². The highest BCUT2D eigenvalue weighted by Crippen LogP contribution is 2.26. The molecule has 2 aromatic carbocycles. The summed E-state index contributed by atoms with van der Waals surface area (Å²) >= 11 is 0. The van der Waals surface area contributed by atoms with Gasteiger partial charge in [-0.2, -0.15) is 0 Å². The molecule has 0 amide bonds. The summed E-state index contributed by atoms with van der Waals surface area (Å²) in [5, 5.41) is 15.5. The number of hydrogen-bond donors (Lipinski definition) is 1. The average Bonchev–Trinajstić information content (AvgIpc) is 2.77. The number of ether oxygens (including phenoxy) is 2. The van der Waals surface area contributed by atoms with Crippen LogP contribution in [0.2, 0.25) is 0 Å². The Morgan fingerprint density at radius 2 is 2.07 bits per heavy atom. The highest BCUT2D eigenvalue weighted by Gasteiger charge is 2.13. The first-order valence-electron chi connectivity index (χ1n) is 9.33. The number of nitro groups is 1. The Morgan fingerprint density at radius 1 is 1.23 bits per heavy atom. The number of anilines is 1. The predicted molar refractivity (Wildman–Crippen MR) is 114 cm³/mol. The number of nitrogens with one attached hydrogen (secondary N) is 1. The van der Waals surface area contributed by atoms with Gasteiger partial charge in [0.1, 0.15) is 17.0 Å². The molecule has 1 N–H and O–H groups in total. The first-order chi connectivity index (χ1) is 14.6. The van der Waals surface area contributed by atoms with Crippen LogP contribution in [0, 0.1) is 10.1 Å². The maximum Gasteiger partial charge on any atom is 0.330 e. The van der Waals surface area contributed by atoms with Gasteiger partial charge in [-0.15, -0.1) is 0 Å². The van der Waals surface area contributed by atoms with Crippen LogP contribution in [0.15, 0.2) is 60.8 Å². The lowest BCUT2D eigenvalue weighted by molar-refractivity contribution is -0.384. The molecule has 0 spiro atoms. The lowest BCUT2D eigenvalue weighted by Gasteiger charge is -2.10. The summed E-state index contributed by atoms with van der Waals surface area (Å²) in [4.78, 5) is 26.4. The van der Waals surface area contributed by atoms with Crippen LogP contribution in [-0.2, 0) is 9.53 Å². The van der Waals surface area contributed by atoms with Crippen LogP contribution in [0.25, 0.3) is 17.0 Å². The van der Waals surface area contributed by atoms with Crippen molar-refractivity contribution in [2.75, 3.05) is 25.6 Å². The van der Waals surface area contributed by atoms with Crippen molar-refractivity contribution < 1.29 is 19.2 Å². The van der Waals surface area contributed by atoms with E-state index in [-0.39, 0.29) is 5.69 Å². The summed E-state index contributed by atoms with van der Waals surface area (Å²) in [5.74, 6) is 0.182. The number of carbonyl (C=O) groups is 1. The second-order valence-corrected chi connectivity index (χ2v) is 6.35. The molecule has 0 bridgehead atoms. The maximum absolute atomic E-state index is 11.4. The molecular formula is C22H21N3O5. The summed E-state index contributed by atoms with van der Waals surface area (Å²) in [6.07, 6.45) is 5.05. The largest absolute Gasteiger partial charge is 0.491 e. The standard InChI is InChI=1S/C22H21N3O5/c1-29-21(26)11-9-16-8-10-18(19(15-16)25(27)28)23-13-4-14-30-20-7-2-5-17-6-3-12-24-22(17)20/h2-3,5-12,15,23H,4,13-14H2,1H3/b11-9+. The minimum Gasteiger partial charge on any atom is -0.491 e. The molecule has 30 heavy (non-hydrogen) atoms. The summed E-state index contributed by atoms with van der Waals surface area (Å²) in [6.45, 7) is 0.937. The number of carbonyl (C=O) groups excluding carboxylic acids is 1. The van der Waals surface area contributed by atoms with Crippen LogP contribution in [0.4, 0.5) is 11.4 Å². The Bertz CT molecular complexity index is 1080. The second kappa shape index (κ2) is 10.0. The number of benzene rings is 2. The Morgan fingerprint density at radius 3 is 2.87 bits per heavy atom. The van der Waals surface area contributed by atoms with E-state index < -0.39 is 10.9 Å². The van der Waals surface area contributed by atoms with Gasteiger partial charge in [-0.05, 0) is 36.3 Å². The number of nitrogens with zero attached hydrogens (tertiary/aromatic N) is 2. The monoisotopic (exact) mass is 407 g/mol. The van der Waals surface area contributed by atoms with Crippen molar-refractivity contribution in [3.8, 4) is 5.75 Å². The van der Waals surface area contributed by atoms with Gasteiger partial charge in [0.05, 0.1) is 18.6 Å². The highest BCUT2D eigenvalue weighted by atomic mass is 16.6. The van der Waals surface area contributed by atoms with Crippen LogP contribution in [0.1, 0.15) is 12.0 Å². The van der Waals surface area contributed by atoms with E-state index in [4.69, 9.17) is 4.74 Å². The number of rotatable bonds is 9. The number of nitro benzene ring substituents is 1. The first-order valence-corrected chi connectivity index (χ1v) is 9.33. The maximum atomic E-state index is 11.4. The Kier molecular flexibility index (Phi) is 6.94. The SMILES string of the molecule is COC(=O)/C=C/c1ccc(NCCCOc2cccc3cccnc23)c([N+](=O)[O-])c1. The number of aromatic nitrogens is 1. The van der Waals surface area contributed by atoms with E-state index in [1.165, 1.54) is 25.3 Å². The smallest absolute Gasteiger partial charge is 0.330 e. The molecule has 0 aliphatic heterocycles. The molecule has 3 aromatic rings. The van der Waals surface area contributed by atoms with Crippen molar-refractivity contribution in [1.82, 2.24) is 4.98 Å². The fourth-order valence-electron chi connectivity index (χ4n) is 2.86. The molecule has 0 aliphatic rings. The number of pyridine rings is 1. The zero-order chi connectivity index (χ0) is 21.3. The van der Waals surface area contributed by atoms with Gasteiger partial charge in [-0.1, -0.05) is 24.3 Å². The molecule has 8 nitrogen and oxygen atoms in total. The Labute approximate surface area is 173 Å². The lowest BCUT2D eigenvalue weighted by Crippen LogP contribution is -2.09. The van der Waals surface area contributed by atoms with Crippen LogP contribution < -0.4 is 10.1 Å². The number of methoxy groups -OCH3 is 1. The lowest BCUT2D eigenvalue weighted by atomic mass is 10.1. The van der Waals surface area contributed by atoms with E-state index in [9.17, 15) is 14.9 Å². The molecule has 0 aliphatic carbocycles. The van der Waals surface area contributed by atoms with E-state index in [0.29, 0.717) is 36.6 Å². The average molecular weight is 407 g/mol. The Balaban J connectivity index is 1.57. The topological polar surface area (TPSA) is 104 Å². The van der Waals surface area contributed by atoms with E-state index >= 15 is 0 Å². The molecule has 0 saturated heterocycles. The number of fused-ring (bicyclic) bond motifs is 1. The van der Waals surface area contributed by atoms with Crippen molar-refractivity contribution in [3.63, 3.8) is 0 Å². The minimum atomic E-state index is -0.527. The summed E-state index contributed by atoms with van der Waals surface area (Å²) in [7, 11) is 1.27. The Hall–Kier alpha value is -3.94. The fraction of sp³-hybridized carbons (Fsp3) is 0.182. The van der Waals surface area contributed by atoms with Gasteiger partial charge in [-0.3, -0.25) is 15.1 Å². The zero-order valence-electron chi connectivity index (χ0n) is 16.4. The van der Waals surface area contributed by atoms with Crippen molar-refractivity contribution in [2.24, 2.45) is 0 Å². The van der Waals surface area contributed by atoms with Crippen LogP contribution in [0.3, 0.4) is 0 Å². The second-order valence-electron chi connectivity index (χ2n) is 6.35. The molecule has 0 unspecified atom stereocenters. The van der Waals surface area contributed by atoms with Gasteiger partial charge in [0, 0.05) is 30.3 Å². The third kappa shape index (κ3) is 5.32. The van der Waals surface area contributed by atoms with Gasteiger partial charge >= 0.3 is 5.97 Å². The van der Waals surface area contributed by atoms with Crippen LogP contribution in [0.5, 0.6) is 5.75 Å². The van der Waals surface area contributed by atoms with Gasteiger partial charge in [0.2, 0.25) is 0 Å². The normalized spacial score (nSPS) is 10.8. The highest BCUT2D eigenvalue weighted by molar-refractivity contribution is 5.87. The summed E-state index contributed by atoms with van der Waals surface area (Å²) < 4.78 is 10.3. The van der Waals surface area contributed by atoms with Gasteiger partial charge in [-0.25, -0.2) is 4.79 Å². The minimum absolute atomic E-state index is 0.0683. The molecule has 1 heterocycles. The predicted octanol–water partition coefficient (Wildman–Crippen LogP) is 4.21. The molecule has 0 saturated carbocycles. The van der Waals surface area contributed by atoms with E-state index in [1.807, 2.05) is 30.3 Å². The number of esters is 1. The molecular weight excluding hydrogens is 386 g/mol. The van der Waals surface area contributed by atoms with Crippen LogP contribution in [-0.4, -0.2) is 36.1 Å². The quantitative estimate of drug-likeness (QED) is 0.186. The molecule has 0 atom stereocenters. The van der Waals surface area contributed by atoms with Gasteiger partial charge in [0.15, 0.2) is 0 Å². The third-order valence-electron chi connectivity index (χ3n) is 4.32.